The fourth-order valence-corrected chi connectivity index (χ4v) is 2.03. The summed E-state index contributed by atoms with van der Waals surface area (Å²) in [5.74, 6) is 1.28. The monoisotopic (exact) mass is 212 g/mol. The number of hydrogen-bond donors (Lipinski definition) is 0. The van der Waals surface area contributed by atoms with Crippen molar-refractivity contribution in [2.24, 2.45) is 11.8 Å². The van der Waals surface area contributed by atoms with Crippen molar-refractivity contribution < 1.29 is 4.79 Å². The van der Waals surface area contributed by atoms with Crippen LogP contribution in [-0.2, 0) is 4.79 Å². The zero-order valence-corrected chi connectivity index (χ0v) is 10.8. The van der Waals surface area contributed by atoms with Gasteiger partial charge in [-0.05, 0) is 18.3 Å². The molecule has 0 aliphatic heterocycles. The van der Waals surface area contributed by atoms with Crippen LogP contribution in [0.1, 0.15) is 72.1 Å². The first-order valence-corrected chi connectivity index (χ1v) is 6.66. The summed E-state index contributed by atoms with van der Waals surface area (Å²) >= 11 is 0. The topological polar surface area (TPSA) is 17.1 Å². The molecule has 90 valence electrons. The summed E-state index contributed by atoms with van der Waals surface area (Å²) in [5, 5.41) is 0. The predicted molar refractivity (Wildman–Crippen MR) is 67.0 cm³/mol. The van der Waals surface area contributed by atoms with Gasteiger partial charge in [0.1, 0.15) is 6.29 Å². The third-order valence-corrected chi connectivity index (χ3v) is 3.27. The van der Waals surface area contributed by atoms with Crippen LogP contribution in [0.4, 0.5) is 0 Å². The maximum absolute atomic E-state index is 10.5. The molecule has 1 atom stereocenters. The number of unbranched alkanes of at least 4 members (excludes halogenated alkanes) is 5. The van der Waals surface area contributed by atoms with Crippen LogP contribution in [0.5, 0.6) is 0 Å². The lowest BCUT2D eigenvalue weighted by Crippen LogP contribution is -2.09. The summed E-state index contributed by atoms with van der Waals surface area (Å²) in [4.78, 5) is 10.5. The quantitative estimate of drug-likeness (QED) is 0.382. The van der Waals surface area contributed by atoms with Gasteiger partial charge in [0.05, 0.1) is 0 Å². The molecule has 0 saturated carbocycles. The van der Waals surface area contributed by atoms with Crippen LogP contribution >= 0.6 is 0 Å². The molecule has 0 aromatic rings. The van der Waals surface area contributed by atoms with E-state index in [1.54, 1.807) is 0 Å². The van der Waals surface area contributed by atoms with Gasteiger partial charge >= 0.3 is 0 Å². The van der Waals surface area contributed by atoms with Gasteiger partial charge in [0.25, 0.3) is 0 Å². The molecule has 0 aliphatic rings. The summed E-state index contributed by atoms with van der Waals surface area (Å²) in [6.45, 7) is 6.70. The Labute approximate surface area is 95.6 Å². The highest BCUT2D eigenvalue weighted by Gasteiger charge is 2.11. The molecule has 0 spiro atoms. The Morgan fingerprint density at radius 1 is 1.00 bits per heavy atom. The van der Waals surface area contributed by atoms with E-state index in [9.17, 15) is 4.79 Å². The summed E-state index contributed by atoms with van der Waals surface area (Å²) < 4.78 is 0. The lowest BCUT2D eigenvalue weighted by Gasteiger charge is -2.17. The number of carbonyl (C=O) groups is 1. The van der Waals surface area contributed by atoms with Crippen LogP contribution in [-0.4, -0.2) is 6.29 Å². The second-order valence-electron chi connectivity index (χ2n) is 4.96. The van der Waals surface area contributed by atoms with Crippen LogP contribution in [0.3, 0.4) is 0 Å². The molecule has 0 saturated heterocycles. The molecule has 0 radical (unpaired) electrons. The molecule has 0 aromatic carbocycles. The molecule has 0 bridgehead atoms. The molecular formula is C14H28O. The second-order valence-corrected chi connectivity index (χ2v) is 4.96. The largest absolute Gasteiger partial charge is 0.303 e. The Hall–Kier alpha value is -0.330. The van der Waals surface area contributed by atoms with Crippen molar-refractivity contribution in [1.82, 2.24) is 0 Å². The van der Waals surface area contributed by atoms with Gasteiger partial charge < -0.3 is 4.79 Å². The van der Waals surface area contributed by atoms with Crippen molar-refractivity contribution >= 4 is 6.29 Å². The molecule has 0 rings (SSSR count). The van der Waals surface area contributed by atoms with Gasteiger partial charge in [0.2, 0.25) is 0 Å². The Bertz CT molecular complexity index is 140. The highest BCUT2D eigenvalue weighted by molar-refractivity contribution is 5.49. The van der Waals surface area contributed by atoms with Gasteiger partial charge in [-0.25, -0.2) is 0 Å². The highest BCUT2D eigenvalue weighted by Crippen LogP contribution is 2.21. The summed E-state index contributed by atoms with van der Waals surface area (Å²) in [7, 11) is 0. The fraction of sp³-hybridized carbons (Fsp3) is 0.929. The number of hydrogen-bond acceptors (Lipinski definition) is 1. The van der Waals surface area contributed by atoms with Gasteiger partial charge in [-0.15, -0.1) is 0 Å². The van der Waals surface area contributed by atoms with Crippen LogP contribution in [0.25, 0.3) is 0 Å². The average molecular weight is 212 g/mol. The molecule has 0 N–H and O–H groups in total. The Morgan fingerprint density at radius 2 is 1.60 bits per heavy atom. The van der Waals surface area contributed by atoms with Crippen LogP contribution in [0.2, 0.25) is 0 Å². The van der Waals surface area contributed by atoms with E-state index < -0.39 is 0 Å². The maximum Gasteiger partial charge on any atom is 0.120 e. The predicted octanol–water partition coefficient (Wildman–Crippen LogP) is 4.60. The van der Waals surface area contributed by atoms with Crippen LogP contribution in [0, 0.1) is 11.8 Å². The van der Waals surface area contributed by atoms with Gasteiger partial charge in [-0.3, -0.25) is 0 Å². The zero-order valence-electron chi connectivity index (χ0n) is 10.8. The molecule has 0 aliphatic carbocycles. The van der Waals surface area contributed by atoms with E-state index in [4.69, 9.17) is 0 Å². The Kier molecular flexibility index (Phi) is 9.97. The molecule has 0 aromatic heterocycles. The molecule has 0 fully saturated rings. The minimum absolute atomic E-state index is 0.619. The Morgan fingerprint density at radius 3 is 2.13 bits per heavy atom. The number of aldehydes is 1. The normalized spacial score (nSPS) is 13.1. The lowest BCUT2D eigenvalue weighted by molar-refractivity contribution is -0.109. The van der Waals surface area contributed by atoms with Crippen molar-refractivity contribution in [2.75, 3.05) is 0 Å². The lowest BCUT2D eigenvalue weighted by atomic mass is 9.88. The minimum Gasteiger partial charge on any atom is -0.303 e. The van der Waals surface area contributed by atoms with Crippen molar-refractivity contribution in [1.29, 1.82) is 0 Å². The van der Waals surface area contributed by atoms with E-state index in [0.717, 1.165) is 12.7 Å². The highest BCUT2D eigenvalue weighted by atomic mass is 16.1. The van der Waals surface area contributed by atoms with E-state index in [-0.39, 0.29) is 0 Å². The van der Waals surface area contributed by atoms with Crippen molar-refractivity contribution in [3.8, 4) is 0 Å². The molecule has 0 heterocycles. The van der Waals surface area contributed by atoms with Gasteiger partial charge in [-0.2, -0.15) is 0 Å². The molecule has 1 heteroatoms. The number of carbonyl (C=O) groups excluding carboxylic acids is 1. The smallest absolute Gasteiger partial charge is 0.120 e. The third-order valence-electron chi connectivity index (χ3n) is 3.27. The average Bonchev–Trinajstić information content (AvgIpc) is 2.21. The summed E-state index contributed by atoms with van der Waals surface area (Å²) in [5.41, 5.74) is 0. The number of rotatable bonds is 10. The van der Waals surface area contributed by atoms with E-state index in [1.807, 2.05) is 0 Å². The van der Waals surface area contributed by atoms with Crippen LogP contribution in [0.15, 0.2) is 0 Å². The Balaban J connectivity index is 3.41. The molecule has 0 amide bonds. The van der Waals surface area contributed by atoms with E-state index >= 15 is 0 Å². The minimum atomic E-state index is 0.619. The first-order chi connectivity index (χ1) is 7.22. The van der Waals surface area contributed by atoms with Crippen molar-refractivity contribution in [2.45, 2.75) is 72.1 Å². The van der Waals surface area contributed by atoms with Gasteiger partial charge in [0, 0.05) is 6.42 Å². The summed E-state index contributed by atoms with van der Waals surface area (Å²) in [6, 6.07) is 0. The summed E-state index contributed by atoms with van der Waals surface area (Å²) in [6.07, 6.45) is 11.2. The van der Waals surface area contributed by atoms with Gasteiger partial charge in [-0.1, -0.05) is 59.3 Å². The zero-order chi connectivity index (χ0) is 11.5. The maximum atomic E-state index is 10.5. The molecular weight excluding hydrogens is 184 g/mol. The standard InChI is InChI=1S/C14H28O/c1-4-5-6-7-8-9-10-14(11-12-15)13(2)3/h12-14H,4-11H2,1-3H3. The van der Waals surface area contributed by atoms with Crippen molar-refractivity contribution in [3.05, 3.63) is 0 Å². The first-order valence-electron chi connectivity index (χ1n) is 6.66. The molecule has 1 nitrogen and oxygen atoms in total. The SMILES string of the molecule is CCCCCCCCC(CC=O)C(C)C. The van der Waals surface area contributed by atoms with E-state index in [2.05, 4.69) is 20.8 Å². The van der Waals surface area contributed by atoms with Crippen LogP contribution < -0.4 is 0 Å². The van der Waals surface area contributed by atoms with Gasteiger partial charge in [0.15, 0.2) is 0 Å². The first kappa shape index (κ1) is 14.7. The van der Waals surface area contributed by atoms with Crippen molar-refractivity contribution in [3.63, 3.8) is 0 Å². The third kappa shape index (κ3) is 8.65. The molecule has 1 unspecified atom stereocenters. The van der Waals surface area contributed by atoms with E-state index in [0.29, 0.717) is 11.8 Å². The van der Waals surface area contributed by atoms with E-state index in [1.165, 1.54) is 44.9 Å². The molecule has 15 heavy (non-hydrogen) atoms. The fourth-order valence-electron chi connectivity index (χ4n) is 2.03. The second kappa shape index (κ2) is 10.2.